The molecule has 3 nitrogen and oxygen atoms in total. The van der Waals surface area contributed by atoms with Crippen LogP contribution >= 0.6 is 0 Å². The monoisotopic (exact) mass is 418 g/mol. The number of hydrogen-bond donors (Lipinski definition) is 3. The number of hydrogen-bond acceptors (Lipinski definition) is 3. The van der Waals surface area contributed by atoms with Crippen molar-refractivity contribution in [3.05, 3.63) is 81.9 Å². The van der Waals surface area contributed by atoms with E-state index in [2.05, 4.69) is 70.7 Å². The second-order valence-corrected chi connectivity index (χ2v) is 8.15. The molecule has 3 aromatic rings. The summed E-state index contributed by atoms with van der Waals surface area (Å²) in [4.78, 5) is 0. The number of aromatic hydroxyl groups is 3. The molecule has 0 amide bonds. The Morgan fingerprint density at radius 1 is 0.742 bits per heavy atom. The van der Waals surface area contributed by atoms with Gasteiger partial charge in [0.2, 0.25) is 0 Å². The molecule has 3 heteroatoms. The zero-order chi connectivity index (χ0) is 23.3. The summed E-state index contributed by atoms with van der Waals surface area (Å²) in [5.74, 6) is -0.437. The van der Waals surface area contributed by atoms with Gasteiger partial charge in [-0.3, -0.25) is 0 Å². The molecule has 3 N–H and O–H groups in total. The summed E-state index contributed by atoms with van der Waals surface area (Å²) < 4.78 is 0. The fourth-order valence-corrected chi connectivity index (χ4v) is 3.69. The van der Waals surface area contributed by atoms with Crippen LogP contribution in [0.3, 0.4) is 0 Å². The first kappa shape index (κ1) is 24.1. The van der Waals surface area contributed by atoms with Crippen LogP contribution in [-0.4, -0.2) is 15.3 Å². The second kappa shape index (κ2) is 10.2. The van der Waals surface area contributed by atoms with E-state index in [0.29, 0.717) is 23.1 Å². The van der Waals surface area contributed by atoms with Gasteiger partial charge in [0.1, 0.15) is 5.75 Å². The topological polar surface area (TPSA) is 60.7 Å². The third-order valence-electron chi connectivity index (χ3n) is 5.58. The highest BCUT2D eigenvalue weighted by molar-refractivity contribution is 5.72. The van der Waals surface area contributed by atoms with Crippen molar-refractivity contribution in [3.63, 3.8) is 0 Å². The quantitative estimate of drug-likeness (QED) is 0.308. The van der Waals surface area contributed by atoms with Crippen LogP contribution in [0.5, 0.6) is 17.2 Å². The maximum Gasteiger partial charge on any atom is 0.165 e. The Bertz CT molecular complexity index is 1040. The van der Waals surface area contributed by atoms with E-state index in [-0.39, 0.29) is 17.2 Å². The average molecular weight is 419 g/mol. The van der Waals surface area contributed by atoms with E-state index >= 15 is 0 Å². The molecule has 0 radical (unpaired) electrons. The van der Waals surface area contributed by atoms with E-state index in [4.69, 9.17) is 0 Å². The molecule has 0 spiro atoms. The first-order chi connectivity index (χ1) is 14.6. The maximum atomic E-state index is 9.83. The third-order valence-corrected chi connectivity index (χ3v) is 5.58. The molecular weight excluding hydrogens is 384 g/mol. The van der Waals surface area contributed by atoms with Crippen LogP contribution < -0.4 is 0 Å². The van der Waals surface area contributed by atoms with Crippen molar-refractivity contribution >= 4 is 6.08 Å². The van der Waals surface area contributed by atoms with Crippen molar-refractivity contribution < 1.29 is 15.3 Å². The van der Waals surface area contributed by atoms with Crippen LogP contribution in [0.2, 0.25) is 0 Å². The van der Waals surface area contributed by atoms with Crippen molar-refractivity contribution in [1.29, 1.82) is 0 Å². The Balaban J connectivity index is 0.000000221. The minimum atomic E-state index is -0.276. The Labute approximate surface area is 186 Å². The molecule has 0 heterocycles. The lowest BCUT2D eigenvalue weighted by Crippen LogP contribution is -1.93. The fraction of sp³-hybridized carbons (Fsp3) is 0.286. The zero-order valence-electron chi connectivity index (χ0n) is 19.5. The Hall–Kier alpha value is -3.20. The lowest BCUT2D eigenvalue weighted by atomic mass is 9.94. The van der Waals surface area contributed by atoms with Crippen LogP contribution in [0.25, 0.3) is 17.2 Å². The summed E-state index contributed by atoms with van der Waals surface area (Å²) in [7, 11) is 0. The molecule has 0 atom stereocenters. The molecule has 31 heavy (non-hydrogen) atoms. The lowest BCUT2D eigenvalue weighted by Gasteiger charge is -2.14. The van der Waals surface area contributed by atoms with Gasteiger partial charge in [0.25, 0.3) is 0 Å². The predicted molar refractivity (Wildman–Crippen MR) is 131 cm³/mol. The van der Waals surface area contributed by atoms with E-state index in [1.54, 1.807) is 6.92 Å². The number of rotatable bonds is 4. The van der Waals surface area contributed by atoms with Crippen molar-refractivity contribution in [3.8, 4) is 28.4 Å². The molecule has 0 bridgehead atoms. The van der Waals surface area contributed by atoms with Crippen LogP contribution in [0, 0.1) is 34.6 Å². The SMILES string of the molecule is C=Cc1c(O)c(O)c(C)c(O)c1CCC.Cc1ccc(C)c(-c2cc(C)ccc2C)c1. The Morgan fingerprint density at radius 2 is 1.23 bits per heavy atom. The van der Waals surface area contributed by atoms with Gasteiger partial charge in [-0.25, -0.2) is 0 Å². The minimum absolute atomic E-state index is 0.0436. The zero-order valence-corrected chi connectivity index (χ0v) is 19.5. The highest BCUT2D eigenvalue weighted by Crippen LogP contribution is 2.42. The summed E-state index contributed by atoms with van der Waals surface area (Å²) in [6.07, 6.45) is 2.93. The predicted octanol–water partition coefficient (Wildman–Crippen LogP) is 7.29. The van der Waals surface area contributed by atoms with Gasteiger partial charge >= 0.3 is 0 Å². The van der Waals surface area contributed by atoms with E-state index in [1.807, 2.05) is 6.92 Å². The molecule has 0 aromatic heterocycles. The first-order valence-electron chi connectivity index (χ1n) is 10.7. The van der Waals surface area contributed by atoms with Gasteiger partial charge in [0.05, 0.1) is 0 Å². The summed E-state index contributed by atoms with van der Waals surface area (Å²) >= 11 is 0. The van der Waals surface area contributed by atoms with Gasteiger partial charge in [-0.2, -0.15) is 0 Å². The second-order valence-electron chi connectivity index (χ2n) is 8.15. The van der Waals surface area contributed by atoms with Crippen molar-refractivity contribution in [2.75, 3.05) is 0 Å². The molecule has 0 saturated heterocycles. The van der Waals surface area contributed by atoms with Crippen molar-refractivity contribution in [2.24, 2.45) is 0 Å². The maximum absolute atomic E-state index is 9.83. The van der Waals surface area contributed by atoms with E-state index in [1.165, 1.54) is 39.5 Å². The van der Waals surface area contributed by atoms with Crippen LogP contribution in [0.15, 0.2) is 43.0 Å². The van der Waals surface area contributed by atoms with Gasteiger partial charge < -0.3 is 15.3 Å². The number of benzene rings is 3. The van der Waals surface area contributed by atoms with Crippen LogP contribution in [0.4, 0.5) is 0 Å². The summed E-state index contributed by atoms with van der Waals surface area (Å²) in [6, 6.07) is 13.3. The summed E-state index contributed by atoms with van der Waals surface area (Å²) in [6.45, 7) is 15.8. The standard InChI is InChI=1S/C16H18.C12H16O3/c1-11-5-7-13(3)15(9-11)16-10-12(2)6-8-14(16)4;1-4-6-9-8(5-2)12(15)11(14)7(3)10(9)13/h5-10H,1-4H3;5,13-15H,2,4,6H2,1,3H3. The fourth-order valence-electron chi connectivity index (χ4n) is 3.69. The van der Waals surface area contributed by atoms with Crippen LogP contribution in [0.1, 0.15) is 52.3 Å². The summed E-state index contributed by atoms with van der Waals surface area (Å²) in [5, 5.41) is 29.0. The van der Waals surface area contributed by atoms with Crippen molar-refractivity contribution in [1.82, 2.24) is 0 Å². The molecule has 0 saturated carbocycles. The van der Waals surface area contributed by atoms with E-state index < -0.39 is 0 Å². The lowest BCUT2D eigenvalue weighted by molar-refractivity contribution is 0.389. The molecule has 0 aliphatic rings. The third kappa shape index (κ3) is 5.29. The van der Waals surface area contributed by atoms with E-state index in [0.717, 1.165) is 6.42 Å². The van der Waals surface area contributed by atoms with Gasteiger partial charge in [-0.1, -0.05) is 73.5 Å². The summed E-state index contributed by atoms with van der Waals surface area (Å²) in [5.41, 5.74) is 9.42. The average Bonchev–Trinajstić information content (AvgIpc) is 2.75. The number of phenolic OH excluding ortho intramolecular Hbond substituents is 3. The smallest absolute Gasteiger partial charge is 0.165 e. The number of phenols is 3. The highest BCUT2D eigenvalue weighted by Gasteiger charge is 2.18. The minimum Gasteiger partial charge on any atom is -0.507 e. The normalized spacial score (nSPS) is 10.4. The molecule has 0 fully saturated rings. The Morgan fingerprint density at radius 3 is 1.65 bits per heavy atom. The molecule has 3 aromatic carbocycles. The number of aryl methyl sites for hydroxylation is 4. The van der Waals surface area contributed by atoms with Crippen molar-refractivity contribution in [2.45, 2.75) is 54.4 Å². The Kier molecular flexibility index (Phi) is 7.93. The molecule has 3 rings (SSSR count). The van der Waals surface area contributed by atoms with Crippen LogP contribution in [-0.2, 0) is 6.42 Å². The molecule has 164 valence electrons. The van der Waals surface area contributed by atoms with E-state index in [9.17, 15) is 15.3 Å². The van der Waals surface area contributed by atoms with Gasteiger partial charge in [0.15, 0.2) is 11.5 Å². The molecule has 0 unspecified atom stereocenters. The van der Waals surface area contributed by atoms with Gasteiger partial charge in [-0.15, -0.1) is 0 Å². The largest absolute Gasteiger partial charge is 0.507 e. The molecule has 0 aliphatic carbocycles. The van der Waals surface area contributed by atoms with Gasteiger partial charge in [-0.05, 0) is 63.3 Å². The first-order valence-corrected chi connectivity index (χ1v) is 10.7. The highest BCUT2D eigenvalue weighted by atomic mass is 16.3. The molecule has 0 aliphatic heterocycles. The molecular formula is C28H34O3. The van der Waals surface area contributed by atoms with Gasteiger partial charge in [0, 0.05) is 16.7 Å².